The highest BCUT2D eigenvalue weighted by Crippen LogP contribution is 2.35. The highest BCUT2D eigenvalue weighted by atomic mass is 35.7. The van der Waals surface area contributed by atoms with E-state index in [0.29, 0.717) is 5.02 Å². The molecule has 6 heteroatoms. The number of hydrogen-bond donors (Lipinski definition) is 0. The minimum Gasteiger partial charge on any atom is -0.206 e. The van der Waals surface area contributed by atoms with Crippen LogP contribution in [0.1, 0.15) is 0 Å². The summed E-state index contributed by atoms with van der Waals surface area (Å²) < 4.78 is 23.0. The summed E-state index contributed by atoms with van der Waals surface area (Å²) in [6.07, 6.45) is 0. The van der Waals surface area contributed by atoms with Crippen molar-refractivity contribution in [2.75, 3.05) is 0 Å². The molecular weight excluding hydrogens is 263 g/mol. The largest absolute Gasteiger partial charge is 0.270 e. The standard InChI is InChI=1S/C8H4Cl2O2S2/c9-6-3-1-2-5-4-7(13-8(5)6)14(10,11)12/h1-4H. The van der Waals surface area contributed by atoms with Gasteiger partial charge in [-0.2, -0.15) is 0 Å². The number of halogens is 2. The van der Waals surface area contributed by atoms with Gasteiger partial charge in [-0.15, -0.1) is 11.3 Å². The highest BCUT2D eigenvalue weighted by molar-refractivity contribution is 8.15. The van der Waals surface area contributed by atoms with Crippen LogP contribution < -0.4 is 0 Å². The first-order chi connectivity index (χ1) is 6.48. The maximum absolute atomic E-state index is 11.0. The molecule has 0 aliphatic carbocycles. The second kappa shape index (κ2) is 3.38. The first-order valence-electron chi connectivity index (χ1n) is 3.61. The van der Waals surface area contributed by atoms with E-state index in [0.717, 1.165) is 21.4 Å². The lowest BCUT2D eigenvalue weighted by molar-refractivity contribution is 0.611. The van der Waals surface area contributed by atoms with Crippen LogP contribution in [0.2, 0.25) is 5.02 Å². The van der Waals surface area contributed by atoms with Gasteiger partial charge in [0.1, 0.15) is 4.21 Å². The third kappa shape index (κ3) is 1.75. The average Bonchev–Trinajstić information content (AvgIpc) is 2.48. The lowest BCUT2D eigenvalue weighted by atomic mass is 10.3. The number of benzene rings is 1. The smallest absolute Gasteiger partial charge is 0.206 e. The van der Waals surface area contributed by atoms with Gasteiger partial charge >= 0.3 is 0 Å². The molecule has 0 fully saturated rings. The van der Waals surface area contributed by atoms with E-state index in [1.54, 1.807) is 18.2 Å². The molecule has 0 spiro atoms. The van der Waals surface area contributed by atoms with E-state index < -0.39 is 9.05 Å². The van der Waals surface area contributed by atoms with Crippen LogP contribution in [0.4, 0.5) is 0 Å². The van der Waals surface area contributed by atoms with Crippen molar-refractivity contribution >= 4 is 52.8 Å². The summed E-state index contributed by atoms with van der Waals surface area (Å²) in [5, 5.41) is 1.33. The zero-order chi connectivity index (χ0) is 10.3. The third-order valence-electron chi connectivity index (χ3n) is 1.71. The zero-order valence-electron chi connectivity index (χ0n) is 6.70. The van der Waals surface area contributed by atoms with Gasteiger partial charge in [0, 0.05) is 10.7 Å². The summed E-state index contributed by atoms with van der Waals surface area (Å²) in [6.45, 7) is 0. The molecule has 0 N–H and O–H groups in total. The van der Waals surface area contributed by atoms with E-state index in [4.69, 9.17) is 22.3 Å². The van der Waals surface area contributed by atoms with Crippen molar-refractivity contribution in [2.24, 2.45) is 0 Å². The quantitative estimate of drug-likeness (QED) is 0.741. The number of hydrogen-bond acceptors (Lipinski definition) is 3. The molecule has 74 valence electrons. The van der Waals surface area contributed by atoms with Crippen molar-refractivity contribution in [1.29, 1.82) is 0 Å². The van der Waals surface area contributed by atoms with Gasteiger partial charge in [0.15, 0.2) is 0 Å². The molecule has 0 saturated heterocycles. The van der Waals surface area contributed by atoms with Gasteiger partial charge in [0.25, 0.3) is 9.05 Å². The van der Waals surface area contributed by atoms with E-state index in [-0.39, 0.29) is 4.21 Å². The number of rotatable bonds is 1. The van der Waals surface area contributed by atoms with Crippen molar-refractivity contribution in [3.63, 3.8) is 0 Å². The Bertz CT molecular complexity index is 586. The minimum absolute atomic E-state index is 0.127. The Labute approximate surface area is 94.5 Å². The number of thiophene rings is 1. The summed E-state index contributed by atoms with van der Waals surface area (Å²) in [7, 11) is 1.57. The van der Waals surface area contributed by atoms with Crippen LogP contribution in [0.5, 0.6) is 0 Å². The normalized spacial score (nSPS) is 12.1. The highest BCUT2D eigenvalue weighted by Gasteiger charge is 2.14. The fraction of sp³-hybridized carbons (Fsp3) is 0. The molecule has 2 nitrogen and oxygen atoms in total. The predicted molar refractivity (Wildman–Crippen MR) is 59.9 cm³/mol. The predicted octanol–water partition coefficient (Wildman–Crippen LogP) is 3.48. The van der Waals surface area contributed by atoms with E-state index >= 15 is 0 Å². The van der Waals surface area contributed by atoms with E-state index in [1.807, 2.05) is 0 Å². The van der Waals surface area contributed by atoms with Crippen molar-refractivity contribution in [1.82, 2.24) is 0 Å². The molecule has 0 unspecified atom stereocenters. The SMILES string of the molecule is O=S(=O)(Cl)c1cc2cccc(Cl)c2s1. The lowest BCUT2D eigenvalue weighted by Gasteiger charge is -1.89. The molecule has 1 heterocycles. The molecule has 2 aromatic rings. The third-order valence-corrected chi connectivity index (χ3v) is 5.40. The Morgan fingerprint density at radius 1 is 1.29 bits per heavy atom. The molecule has 1 aromatic heterocycles. The molecule has 0 aliphatic rings. The van der Waals surface area contributed by atoms with Gasteiger partial charge in [-0.1, -0.05) is 23.7 Å². The fourth-order valence-corrected chi connectivity index (χ4v) is 3.55. The van der Waals surface area contributed by atoms with Crippen LogP contribution in [0, 0.1) is 0 Å². The monoisotopic (exact) mass is 266 g/mol. The topological polar surface area (TPSA) is 34.1 Å². The first kappa shape index (κ1) is 10.2. The summed E-state index contributed by atoms with van der Waals surface area (Å²) in [5.41, 5.74) is 0. The van der Waals surface area contributed by atoms with Crippen LogP contribution in [-0.2, 0) is 9.05 Å². The summed E-state index contributed by atoms with van der Waals surface area (Å²) in [6, 6.07) is 6.80. The molecule has 0 atom stereocenters. The van der Waals surface area contributed by atoms with Crippen molar-refractivity contribution < 1.29 is 8.42 Å². The fourth-order valence-electron chi connectivity index (χ4n) is 1.12. The van der Waals surface area contributed by atoms with Gasteiger partial charge in [0.2, 0.25) is 0 Å². The van der Waals surface area contributed by atoms with Gasteiger partial charge in [-0.3, -0.25) is 0 Å². The van der Waals surface area contributed by atoms with Crippen LogP contribution in [0.25, 0.3) is 10.1 Å². The Kier molecular flexibility index (Phi) is 2.47. The van der Waals surface area contributed by atoms with Crippen molar-refractivity contribution in [3.8, 4) is 0 Å². The van der Waals surface area contributed by atoms with E-state index in [9.17, 15) is 8.42 Å². The summed E-state index contributed by atoms with van der Waals surface area (Å²) in [4.78, 5) is 0. The maximum Gasteiger partial charge on any atom is 0.270 e. The van der Waals surface area contributed by atoms with E-state index in [2.05, 4.69) is 0 Å². The molecule has 1 aromatic carbocycles. The molecule has 0 bridgehead atoms. The minimum atomic E-state index is -3.65. The van der Waals surface area contributed by atoms with Crippen molar-refractivity contribution in [2.45, 2.75) is 4.21 Å². The second-order valence-electron chi connectivity index (χ2n) is 2.66. The van der Waals surface area contributed by atoms with Crippen LogP contribution in [0.3, 0.4) is 0 Å². The molecule has 0 amide bonds. The average molecular weight is 267 g/mol. The summed E-state index contributed by atoms with van der Waals surface area (Å²) in [5.74, 6) is 0. The Hall–Kier alpha value is -0.290. The molecule has 0 saturated carbocycles. The first-order valence-corrected chi connectivity index (χ1v) is 7.11. The molecule has 14 heavy (non-hydrogen) atoms. The van der Waals surface area contributed by atoms with Gasteiger partial charge in [-0.05, 0) is 17.5 Å². The Morgan fingerprint density at radius 3 is 2.57 bits per heavy atom. The van der Waals surface area contributed by atoms with Gasteiger partial charge in [0.05, 0.1) is 9.72 Å². The lowest BCUT2D eigenvalue weighted by Crippen LogP contribution is -1.83. The number of fused-ring (bicyclic) bond motifs is 1. The van der Waals surface area contributed by atoms with E-state index in [1.165, 1.54) is 6.07 Å². The van der Waals surface area contributed by atoms with Crippen molar-refractivity contribution in [3.05, 3.63) is 29.3 Å². The molecule has 0 aliphatic heterocycles. The Balaban J connectivity index is 2.81. The molecular formula is C8H4Cl2O2S2. The van der Waals surface area contributed by atoms with Crippen LogP contribution in [0.15, 0.2) is 28.5 Å². The maximum atomic E-state index is 11.0. The van der Waals surface area contributed by atoms with Gasteiger partial charge < -0.3 is 0 Å². The van der Waals surface area contributed by atoms with Crippen LogP contribution in [-0.4, -0.2) is 8.42 Å². The molecule has 2 rings (SSSR count). The summed E-state index contributed by atoms with van der Waals surface area (Å²) >= 11 is 6.97. The Morgan fingerprint density at radius 2 is 2.00 bits per heavy atom. The molecule has 0 radical (unpaired) electrons. The second-order valence-corrected chi connectivity index (χ2v) is 6.91. The van der Waals surface area contributed by atoms with Gasteiger partial charge in [-0.25, -0.2) is 8.42 Å². The van der Waals surface area contributed by atoms with Crippen LogP contribution >= 0.6 is 33.6 Å². The zero-order valence-corrected chi connectivity index (χ0v) is 9.84.